The summed E-state index contributed by atoms with van der Waals surface area (Å²) in [5, 5.41) is 11.2. The molecule has 1 fully saturated rings. The largest absolute Gasteiger partial charge is 0.466 e. The first-order valence-electron chi connectivity index (χ1n) is 10.8. The van der Waals surface area contributed by atoms with Crippen LogP contribution in [0.3, 0.4) is 0 Å². The number of carbonyl (C=O) groups is 1. The van der Waals surface area contributed by atoms with Crippen molar-refractivity contribution in [2.24, 2.45) is 0 Å². The van der Waals surface area contributed by atoms with Crippen molar-refractivity contribution in [2.45, 2.75) is 88.0 Å². The summed E-state index contributed by atoms with van der Waals surface area (Å²) in [6, 6.07) is 4.99. The van der Waals surface area contributed by atoms with Crippen molar-refractivity contribution in [3.05, 3.63) is 34.4 Å². The summed E-state index contributed by atoms with van der Waals surface area (Å²) < 4.78 is 33.6. The van der Waals surface area contributed by atoms with Crippen LogP contribution < -0.4 is 4.72 Å². The van der Waals surface area contributed by atoms with Crippen LogP contribution in [0, 0.1) is 10.1 Å². The number of sulfonamides is 1. The number of nitro groups is 1. The molecule has 1 unspecified atom stereocenters. The number of para-hydroxylation sites is 1. The SMILES string of the molecule is O=C1CCCCCCCCCCC(NS(=O)(=O)c2ccccc2[N+](=O)[O-])CCCO1. The molecule has 168 valence electrons. The zero-order valence-corrected chi connectivity index (χ0v) is 18.2. The van der Waals surface area contributed by atoms with Crippen LogP contribution in [0.1, 0.15) is 77.0 Å². The number of carbonyl (C=O) groups excluding carboxylic acids is 1. The molecule has 0 aromatic heterocycles. The molecule has 1 aliphatic rings. The molecule has 0 saturated carbocycles. The summed E-state index contributed by atoms with van der Waals surface area (Å²) in [6.07, 6.45) is 10.4. The number of nitro benzene ring substituents is 1. The molecule has 0 bridgehead atoms. The molecule has 1 aromatic rings. The summed E-state index contributed by atoms with van der Waals surface area (Å²) >= 11 is 0. The van der Waals surface area contributed by atoms with Gasteiger partial charge in [-0.1, -0.05) is 57.1 Å². The lowest BCUT2D eigenvalue weighted by molar-refractivity contribution is -0.387. The number of rotatable bonds is 4. The number of hydrogen-bond donors (Lipinski definition) is 1. The highest BCUT2D eigenvalue weighted by Crippen LogP contribution is 2.24. The normalized spacial score (nSPS) is 20.9. The topological polar surface area (TPSA) is 116 Å². The minimum absolute atomic E-state index is 0.209. The lowest BCUT2D eigenvalue weighted by Gasteiger charge is -2.19. The minimum Gasteiger partial charge on any atom is -0.466 e. The fourth-order valence-electron chi connectivity index (χ4n) is 3.69. The maximum Gasteiger partial charge on any atom is 0.305 e. The molecule has 1 aromatic carbocycles. The molecular formula is C21H32N2O6S. The van der Waals surface area contributed by atoms with E-state index < -0.39 is 20.6 Å². The quantitative estimate of drug-likeness (QED) is 0.419. The molecule has 9 heteroatoms. The van der Waals surface area contributed by atoms with Gasteiger partial charge in [-0.3, -0.25) is 14.9 Å². The predicted molar refractivity (Wildman–Crippen MR) is 114 cm³/mol. The number of nitrogens with zero attached hydrogens (tertiary/aromatic N) is 1. The maximum atomic E-state index is 12.8. The molecule has 8 nitrogen and oxygen atoms in total. The molecule has 2 rings (SSSR count). The average molecular weight is 441 g/mol. The Hall–Kier alpha value is -2.00. The van der Waals surface area contributed by atoms with Crippen molar-refractivity contribution in [3.8, 4) is 0 Å². The van der Waals surface area contributed by atoms with Crippen LogP contribution in [0.15, 0.2) is 29.2 Å². The first kappa shape index (κ1) is 24.3. The fraction of sp³-hybridized carbons (Fsp3) is 0.667. The number of cyclic esters (lactones) is 1. The van der Waals surface area contributed by atoms with Gasteiger partial charge in [0.25, 0.3) is 5.69 Å². The van der Waals surface area contributed by atoms with E-state index in [-0.39, 0.29) is 23.5 Å². The van der Waals surface area contributed by atoms with Gasteiger partial charge in [0, 0.05) is 18.5 Å². The fourth-order valence-corrected chi connectivity index (χ4v) is 5.17. The molecule has 1 atom stereocenters. The number of esters is 1. The number of nitrogens with one attached hydrogen (secondary N) is 1. The lowest BCUT2D eigenvalue weighted by Crippen LogP contribution is -2.35. The number of benzene rings is 1. The van der Waals surface area contributed by atoms with E-state index in [1.54, 1.807) is 0 Å². The van der Waals surface area contributed by atoms with Crippen LogP contribution in [0.25, 0.3) is 0 Å². The van der Waals surface area contributed by atoms with Gasteiger partial charge in [0.05, 0.1) is 11.5 Å². The van der Waals surface area contributed by atoms with Gasteiger partial charge in [-0.2, -0.15) is 0 Å². The second-order valence-electron chi connectivity index (χ2n) is 7.77. The number of ether oxygens (including phenoxy) is 1. The standard InChI is InChI=1S/C21H32N2O6S/c24-21-16-8-6-4-2-1-3-5-7-12-18(13-11-17-29-21)22-30(27,28)20-15-10-9-14-19(20)23(25)26/h9-10,14-15,18,22H,1-8,11-13,16-17H2. The smallest absolute Gasteiger partial charge is 0.305 e. The molecule has 1 saturated heterocycles. The highest BCUT2D eigenvalue weighted by Gasteiger charge is 2.27. The van der Waals surface area contributed by atoms with Crippen molar-refractivity contribution in [3.63, 3.8) is 0 Å². The van der Waals surface area contributed by atoms with Gasteiger partial charge in [-0.05, 0) is 31.7 Å². The third-order valence-corrected chi connectivity index (χ3v) is 6.88. The highest BCUT2D eigenvalue weighted by molar-refractivity contribution is 7.89. The van der Waals surface area contributed by atoms with Crippen molar-refractivity contribution in [1.29, 1.82) is 0 Å². The van der Waals surface area contributed by atoms with Crippen LogP contribution in [-0.4, -0.2) is 32.0 Å². The van der Waals surface area contributed by atoms with E-state index in [0.29, 0.717) is 25.7 Å². The van der Waals surface area contributed by atoms with Gasteiger partial charge >= 0.3 is 5.97 Å². The molecule has 30 heavy (non-hydrogen) atoms. The first-order valence-corrected chi connectivity index (χ1v) is 12.3. The van der Waals surface area contributed by atoms with Crippen LogP contribution >= 0.6 is 0 Å². The van der Waals surface area contributed by atoms with Crippen molar-refractivity contribution < 1.29 is 22.9 Å². The Morgan fingerprint density at radius 1 is 0.933 bits per heavy atom. The summed E-state index contributed by atoms with van der Waals surface area (Å²) in [6.45, 7) is 0.253. The van der Waals surface area contributed by atoms with Gasteiger partial charge in [0.2, 0.25) is 10.0 Å². The first-order chi connectivity index (χ1) is 14.4. The molecule has 1 N–H and O–H groups in total. The van der Waals surface area contributed by atoms with E-state index >= 15 is 0 Å². The average Bonchev–Trinajstić information content (AvgIpc) is 2.71. The summed E-state index contributed by atoms with van der Waals surface area (Å²) in [5.74, 6) is -0.209. The van der Waals surface area contributed by atoms with E-state index in [1.165, 1.54) is 24.3 Å². The predicted octanol–water partition coefficient (Wildman–Crippen LogP) is 4.48. The Balaban J connectivity index is 2.04. The third-order valence-electron chi connectivity index (χ3n) is 5.32. The van der Waals surface area contributed by atoms with E-state index in [4.69, 9.17) is 4.74 Å². The van der Waals surface area contributed by atoms with Gasteiger partial charge in [0.15, 0.2) is 4.90 Å². The molecule has 1 aliphatic heterocycles. The Labute approximate surface area is 178 Å². The van der Waals surface area contributed by atoms with Gasteiger partial charge in [0.1, 0.15) is 0 Å². The lowest BCUT2D eigenvalue weighted by atomic mass is 10.0. The molecule has 0 radical (unpaired) electrons. The van der Waals surface area contributed by atoms with E-state index in [0.717, 1.165) is 51.4 Å². The number of hydrogen-bond acceptors (Lipinski definition) is 6. The van der Waals surface area contributed by atoms with Gasteiger partial charge in [-0.25, -0.2) is 13.1 Å². The van der Waals surface area contributed by atoms with Crippen molar-refractivity contribution in [2.75, 3.05) is 6.61 Å². The molecule has 0 amide bonds. The third kappa shape index (κ3) is 8.39. The second kappa shape index (κ2) is 12.6. The van der Waals surface area contributed by atoms with Crippen molar-refractivity contribution >= 4 is 21.7 Å². The summed E-state index contributed by atoms with van der Waals surface area (Å²) in [7, 11) is -4.03. The van der Waals surface area contributed by atoms with E-state index in [1.807, 2.05) is 0 Å². The summed E-state index contributed by atoms with van der Waals surface area (Å²) in [5.41, 5.74) is -0.438. The Morgan fingerprint density at radius 2 is 1.53 bits per heavy atom. The zero-order valence-electron chi connectivity index (χ0n) is 17.4. The second-order valence-corrected chi connectivity index (χ2v) is 9.46. The Bertz CT molecular complexity index is 796. The van der Waals surface area contributed by atoms with Crippen LogP contribution in [0.5, 0.6) is 0 Å². The molecule has 1 heterocycles. The van der Waals surface area contributed by atoms with Crippen LogP contribution in [-0.2, 0) is 19.6 Å². The molecule has 0 aliphatic carbocycles. The maximum absolute atomic E-state index is 12.8. The molecular weight excluding hydrogens is 408 g/mol. The Morgan fingerprint density at radius 3 is 2.23 bits per heavy atom. The summed E-state index contributed by atoms with van der Waals surface area (Å²) in [4.78, 5) is 22.0. The molecule has 0 spiro atoms. The van der Waals surface area contributed by atoms with Crippen LogP contribution in [0.4, 0.5) is 5.69 Å². The van der Waals surface area contributed by atoms with Gasteiger partial charge < -0.3 is 4.74 Å². The Kier molecular flexibility index (Phi) is 10.2. The van der Waals surface area contributed by atoms with Crippen LogP contribution in [0.2, 0.25) is 0 Å². The van der Waals surface area contributed by atoms with Crippen molar-refractivity contribution in [1.82, 2.24) is 4.72 Å². The minimum atomic E-state index is -4.03. The van der Waals surface area contributed by atoms with Gasteiger partial charge in [-0.15, -0.1) is 0 Å². The van der Waals surface area contributed by atoms with E-state index in [9.17, 15) is 23.3 Å². The monoisotopic (exact) mass is 440 g/mol. The zero-order chi connectivity index (χ0) is 21.8. The van der Waals surface area contributed by atoms with E-state index in [2.05, 4.69) is 4.72 Å². The highest BCUT2D eigenvalue weighted by atomic mass is 32.2.